The third-order valence-corrected chi connectivity index (χ3v) is 7.07. The van der Waals surface area contributed by atoms with E-state index >= 15 is 0 Å². The van der Waals surface area contributed by atoms with Gasteiger partial charge in [0, 0.05) is 24.0 Å². The first kappa shape index (κ1) is 25.9. The number of hydrogen-bond acceptors (Lipinski definition) is 3. The van der Waals surface area contributed by atoms with Crippen molar-refractivity contribution in [1.82, 2.24) is 4.98 Å². The number of benzene rings is 1. The number of nitrogens with zero attached hydrogens (tertiary/aromatic N) is 2. The molecule has 0 spiro atoms. The van der Waals surface area contributed by atoms with Crippen LogP contribution in [0.2, 0.25) is 0 Å². The summed E-state index contributed by atoms with van der Waals surface area (Å²) in [6.07, 6.45) is 19.1. The van der Waals surface area contributed by atoms with Crippen LogP contribution >= 0.6 is 11.3 Å². The van der Waals surface area contributed by atoms with E-state index in [-0.39, 0.29) is 0 Å². The fraction of sp³-hybridized carbons (Fsp3) is 0.679. The lowest BCUT2D eigenvalue weighted by Crippen LogP contribution is -2.25. The van der Waals surface area contributed by atoms with Crippen molar-refractivity contribution in [2.75, 3.05) is 18.0 Å². The molecule has 0 unspecified atom stereocenters. The van der Waals surface area contributed by atoms with Crippen molar-refractivity contribution in [2.45, 2.75) is 111 Å². The molecule has 0 aliphatic rings. The molecule has 31 heavy (non-hydrogen) atoms. The molecule has 0 N–H and O–H groups in total. The second-order valence-corrected chi connectivity index (χ2v) is 9.95. The first-order valence-corrected chi connectivity index (χ1v) is 13.9. The third kappa shape index (κ3) is 10.7. The molecule has 1 aromatic carbocycles. The number of aryl methyl sites for hydroxylation is 1. The van der Waals surface area contributed by atoms with Crippen LogP contribution in [0.5, 0.6) is 0 Å². The summed E-state index contributed by atoms with van der Waals surface area (Å²) in [4.78, 5) is 7.60. The molecule has 0 amide bonds. The van der Waals surface area contributed by atoms with E-state index in [4.69, 9.17) is 4.98 Å². The molecule has 0 fully saturated rings. The maximum absolute atomic E-state index is 5.03. The van der Waals surface area contributed by atoms with E-state index in [1.807, 2.05) is 11.3 Å². The maximum atomic E-state index is 5.03. The van der Waals surface area contributed by atoms with E-state index in [2.05, 4.69) is 55.3 Å². The number of thiazole rings is 1. The average Bonchev–Trinajstić information content (AvgIpc) is 3.27. The molecule has 0 radical (unpaired) electrons. The van der Waals surface area contributed by atoms with Gasteiger partial charge in [-0.25, -0.2) is 4.98 Å². The molecular formula is C28H46N2S. The van der Waals surface area contributed by atoms with E-state index in [1.165, 1.54) is 106 Å². The lowest BCUT2D eigenvalue weighted by molar-refractivity contribution is 0.563. The average molecular weight is 443 g/mol. The number of hydrogen-bond donors (Lipinski definition) is 0. The van der Waals surface area contributed by atoms with E-state index in [9.17, 15) is 0 Å². The molecule has 1 aromatic heterocycles. The Hall–Kier alpha value is -1.35. The molecule has 0 saturated carbocycles. The van der Waals surface area contributed by atoms with Crippen LogP contribution in [0.4, 0.5) is 5.13 Å². The summed E-state index contributed by atoms with van der Waals surface area (Å²) in [5.41, 5.74) is 3.67. The lowest BCUT2D eigenvalue weighted by Gasteiger charge is -2.22. The van der Waals surface area contributed by atoms with E-state index in [0.717, 1.165) is 18.8 Å². The van der Waals surface area contributed by atoms with Crippen molar-refractivity contribution in [3.05, 3.63) is 35.2 Å². The van der Waals surface area contributed by atoms with Crippen molar-refractivity contribution >= 4 is 16.5 Å². The Bertz CT molecular complexity index is 659. The molecule has 174 valence electrons. The standard InChI is InChI=1S/C28H46N2S/c1-4-6-8-10-12-14-16-22-30(23-17-15-13-11-9-7-5-2)28-29-27(24-31-28)26-20-18-25(3)19-21-26/h18-21,24H,4-17,22-23H2,1-3H3. The SMILES string of the molecule is CCCCCCCCCN(CCCCCCCCC)c1nc(-c2ccc(C)cc2)cs1. The van der Waals surface area contributed by atoms with E-state index in [1.54, 1.807) is 0 Å². The highest BCUT2D eigenvalue weighted by Gasteiger charge is 2.12. The minimum absolute atomic E-state index is 1.13. The summed E-state index contributed by atoms with van der Waals surface area (Å²) < 4.78 is 0. The first-order chi connectivity index (χ1) is 15.2. The first-order valence-electron chi connectivity index (χ1n) is 13.0. The van der Waals surface area contributed by atoms with Gasteiger partial charge in [-0.05, 0) is 19.8 Å². The molecule has 2 aromatic rings. The van der Waals surface area contributed by atoms with Gasteiger partial charge in [-0.15, -0.1) is 11.3 Å². The smallest absolute Gasteiger partial charge is 0.185 e. The van der Waals surface area contributed by atoms with Crippen LogP contribution in [0.3, 0.4) is 0 Å². The minimum Gasteiger partial charge on any atom is -0.348 e. The highest BCUT2D eigenvalue weighted by molar-refractivity contribution is 7.14. The summed E-state index contributed by atoms with van der Waals surface area (Å²) >= 11 is 1.82. The number of unbranched alkanes of at least 4 members (excludes halogenated alkanes) is 12. The van der Waals surface area contributed by atoms with Crippen molar-refractivity contribution in [1.29, 1.82) is 0 Å². The van der Waals surface area contributed by atoms with Crippen LogP contribution in [-0.2, 0) is 0 Å². The van der Waals surface area contributed by atoms with Crippen molar-refractivity contribution in [2.24, 2.45) is 0 Å². The zero-order valence-electron chi connectivity index (χ0n) is 20.5. The summed E-state index contributed by atoms with van der Waals surface area (Å²) in [6.45, 7) is 9.04. The number of aromatic nitrogens is 1. The van der Waals surface area contributed by atoms with Gasteiger partial charge in [0.2, 0.25) is 0 Å². The predicted molar refractivity (Wildman–Crippen MR) is 140 cm³/mol. The number of rotatable bonds is 18. The van der Waals surface area contributed by atoms with Gasteiger partial charge < -0.3 is 4.90 Å². The summed E-state index contributed by atoms with van der Waals surface area (Å²) in [7, 11) is 0. The van der Waals surface area contributed by atoms with Crippen LogP contribution in [0, 0.1) is 6.92 Å². The zero-order valence-corrected chi connectivity index (χ0v) is 21.3. The Labute approximate surface area is 196 Å². The van der Waals surface area contributed by atoms with Crippen LogP contribution in [0.1, 0.15) is 109 Å². The number of anilines is 1. The summed E-state index contributed by atoms with van der Waals surface area (Å²) in [6, 6.07) is 8.77. The molecule has 3 heteroatoms. The molecule has 0 aliphatic carbocycles. The van der Waals surface area contributed by atoms with E-state index in [0.29, 0.717) is 0 Å². The van der Waals surface area contributed by atoms with Crippen LogP contribution in [0.15, 0.2) is 29.6 Å². The van der Waals surface area contributed by atoms with Crippen molar-refractivity contribution in [3.8, 4) is 11.3 Å². The Morgan fingerprint density at radius 3 is 1.68 bits per heavy atom. The van der Waals surface area contributed by atoms with Gasteiger partial charge in [0.1, 0.15) is 0 Å². The largest absolute Gasteiger partial charge is 0.348 e. The highest BCUT2D eigenvalue weighted by atomic mass is 32.1. The van der Waals surface area contributed by atoms with Gasteiger partial charge in [-0.1, -0.05) is 121 Å². The molecule has 1 heterocycles. The molecule has 2 nitrogen and oxygen atoms in total. The van der Waals surface area contributed by atoms with E-state index < -0.39 is 0 Å². The normalized spacial score (nSPS) is 11.2. The summed E-state index contributed by atoms with van der Waals surface area (Å²) in [5.74, 6) is 0. The second kappa shape index (κ2) is 16.3. The predicted octanol–water partition coefficient (Wildman–Crippen LogP) is 9.43. The van der Waals surface area contributed by atoms with Gasteiger partial charge >= 0.3 is 0 Å². The summed E-state index contributed by atoms with van der Waals surface area (Å²) in [5, 5.41) is 3.45. The zero-order chi connectivity index (χ0) is 22.2. The monoisotopic (exact) mass is 442 g/mol. The third-order valence-electron chi connectivity index (χ3n) is 6.17. The van der Waals surface area contributed by atoms with Gasteiger partial charge in [0.15, 0.2) is 5.13 Å². The lowest BCUT2D eigenvalue weighted by atomic mass is 10.1. The van der Waals surface area contributed by atoms with Gasteiger partial charge in [-0.3, -0.25) is 0 Å². The van der Waals surface area contributed by atoms with Crippen LogP contribution in [-0.4, -0.2) is 18.1 Å². The Balaban J connectivity index is 1.85. The van der Waals surface area contributed by atoms with Crippen molar-refractivity contribution < 1.29 is 0 Å². The van der Waals surface area contributed by atoms with Crippen LogP contribution in [0.25, 0.3) is 11.3 Å². The Morgan fingerprint density at radius 2 is 1.16 bits per heavy atom. The highest BCUT2D eigenvalue weighted by Crippen LogP contribution is 2.28. The molecule has 0 atom stereocenters. The molecule has 0 saturated heterocycles. The maximum Gasteiger partial charge on any atom is 0.185 e. The molecule has 0 aliphatic heterocycles. The Morgan fingerprint density at radius 1 is 0.677 bits per heavy atom. The minimum atomic E-state index is 1.13. The van der Waals surface area contributed by atoms with Gasteiger partial charge in [0.05, 0.1) is 5.69 Å². The second-order valence-electron chi connectivity index (χ2n) is 9.11. The molecule has 2 rings (SSSR count). The topological polar surface area (TPSA) is 16.1 Å². The fourth-order valence-electron chi connectivity index (χ4n) is 4.09. The van der Waals surface area contributed by atoms with Gasteiger partial charge in [0.25, 0.3) is 0 Å². The molecular weight excluding hydrogens is 396 g/mol. The van der Waals surface area contributed by atoms with Crippen LogP contribution < -0.4 is 4.90 Å². The Kier molecular flexibility index (Phi) is 13.6. The molecule has 0 bridgehead atoms. The fourth-order valence-corrected chi connectivity index (χ4v) is 4.98. The quantitative estimate of drug-likeness (QED) is 0.214. The van der Waals surface area contributed by atoms with Crippen molar-refractivity contribution in [3.63, 3.8) is 0 Å². The van der Waals surface area contributed by atoms with Gasteiger partial charge in [-0.2, -0.15) is 0 Å².